The van der Waals surface area contributed by atoms with Crippen LogP contribution in [0.1, 0.15) is 25.8 Å². The van der Waals surface area contributed by atoms with Crippen LogP contribution in [0.2, 0.25) is 0 Å². The number of carboxylic acid groups (broad SMARTS) is 1. The number of carboxylic acids is 1. The number of rotatable bonds is 6. The van der Waals surface area contributed by atoms with Gasteiger partial charge in [-0.1, -0.05) is 0 Å². The molecule has 0 saturated carbocycles. The summed E-state index contributed by atoms with van der Waals surface area (Å²) >= 11 is 1.02. The Labute approximate surface area is 111 Å². The molecule has 0 saturated heterocycles. The van der Waals surface area contributed by atoms with Gasteiger partial charge in [-0.15, -0.1) is 11.3 Å². The van der Waals surface area contributed by atoms with Crippen molar-refractivity contribution >= 4 is 23.2 Å². The summed E-state index contributed by atoms with van der Waals surface area (Å²) < 4.78 is 0. The highest BCUT2D eigenvalue weighted by molar-refractivity contribution is 7.15. The minimum atomic E-state index is -0.991. The molecule has 0 bridgehead atoms. The lowest BCUT2D eigenvalue weighted by Crippen LogP contribution is -2.29. The van der Waals surface area contributed by atoms with Gasteiger partial charge in [-0.25, -0.2) is 4.79 Å². The van der Waals surface area contributed by atoms with Gasteiger partial charge in [-0.2, -0.15) is 0 Å². The van der Waals surface area contributed by atoms with E-state index < -0.39 is 5.97 Å². The second-order valence-corrected chi connectivity index (χ2v) is 5.44. The van der Waals surface area contributed by atoms with E-state index in [1.165, 1.54) is 6.07 Å². The molecular weight excluding hydrogens is 252 g/mol. The number of thiophene rings is 1. The number of amides is 1. The first kappa shape index (κ1) is 14.7. The third-order valence-corrected chi connectivity index (χ3v) is 3.53. The Kier molecular flexibility index (Phi) is 5.30. The normalized spacial score (nSPS) is 10.7. The van der Waals surface area contributed by atoms with Crippen molar-refractivity contribution in [2.24, 2.45) is 0 Å². The highest BCUT2D eigenvalue weighted by atomic mass is 32.1. The molecule has 0 aliphatic rings. The summed E-state index contributed by atoms with van der Waals surface area (Å²) in [4.78, 5) is 27.1. The first-order valence-electron chi connectivity index (χ1n) is 5.65. The molecule has 0 radical (unpaired) electrons. The van der Waals surface area contributed by atoms with Crippen LogP contribution in [0.15, 0.2) is 12.1 Å². The molecule has 6 heteroatoms. The van der Waals surface area contributed by atoms with E-state index >= 15 is 0 Å². The second kappa shape index (κ2) is 6.51. The summed E-state index contributed by atoms with van der Waals surface area (Å²) in [6.45, 7) is 1.58. The van der Waals surface area contributed by atoms with Gasteiger partial charge in [-0.3, -0.25) is 4.79 Å². The fourth-order valence-corrected chi connectivity index (χ4v) is 2.32. The van der Waals surface area contributed by atoms with Crippen LogP contribution in [0.3, 0.4) is 0 Å². The van der Waals surface area contributed by atoms with E-state index in [9.17, 15) is 9.59 Å². The first-order valence-corrected chi connectivity index (χ1v) is 6.46. The molecule has 0 aliphatic heterocycles. The monoisotopic (exact) mass is 270 g/mol. The molecule has 1 N–H and O–H groups in total. The molecule has 0 aromatic carbocycles. The Hall–Kier alpha value is -1.40. The minimum Gasteiger partial charge on any atom is -0.477 e. The van der Waals surface area contributed by atoms with Crippen LogP contribution < -0.4 is 0 Å². The molecule has 1 aromatic rings. The quantitative estimate of drug-likeness (QED) is 0.850. The van der Waals surface area contributed by atoms with Crippen molar-refractivity contribution in [2.75, 3.05) is 34.2 Å². The standard InChI is InChI=1S/C12H18N2O3S/c1-13(2)7-4-8-14(3)11(15)9-5-6-10(18-9)12(16)17/h5-6H,4,7-8H2,1-3H3,(H,16,17). The Morgan fingerprint density at radius 3 is 2.28 bits per heavy atom. The van der Waals surface area contributed by atoms with Gasteiger partial charge >= 0.3 is 5.97 Å². The maximum atomic E-state index is 12.0. The van der Waals surface area contributed by atoms with Crippen LogP contribution in [0, 0.1) is 0 Å². The molecule has 100 valence electrons. The molecule has 0 aliphatic carbocycles. The summed E-state index contributed by atoms with van der Waals surface area (Å²) in [6, 6.07) is 3.03. The predicted octanol–water partition coefficient (Wildman–Crippen LogP) is 1.47. The molecular formula is C12H18N2O3S. The first-order chi connectivity index (χ1) is 8.41. The number of hydrogen-bond donors (Lipinski definition) is 1. The smallest absolute Gasteiger partial charge is 0.345 e. The van der Waals surface area contributed by atoms with Crippen LogP contribution in [0.4, 0.5) is 0 Å². The van der Waals surface area contributed by atoms with E-state index in [1.807, 2.05) is 14.1 Å². The number of aromatic carboxylic acids is 1. The molecule has 1 aromatic heterocycles. The fourth-order valence-electron chi connectivity index (χ4n) is 1.48. The highest BCUT2D eigenvalue weighted by Gasteiger charge is 2.16. The van der Waals surface area contributed by atoms with Crippen molar-refractivity contribution in [3.63, 3.8) is 0 Å². The van der Waals surface area contributed by atoms with Crippen molar-refractivity contribution < 1.29 is 14.7 Å². The number of carbonyl (C=O) groups excluding carboxylic acids is 1. The van der Waals surface area contributed by atoms with Gasteiger partial charge in [-0.05, 0) is 39.2 Å². The maximum absolute atomic E-state index is 12.0. The second-order valence-electron chi connectivity index (χ2n) is 4.35. The predicted molar refractivity (Wildman–Crippen MR) is 71.4 cm³/mol. The van der Waals surface area contributed by atoms with Crippen molar-refractivity contribution in [1.29, 1.82) is 0 Å². The van der Waals surface area contributed by atoms with Crippen molar-refractivity contribution in [2.45, 2.75) is 6.42 Å². The SMILES string of the molecule is CN(C)CCCN(C)C(=O)c1ccc(C(=O)O)s1. The fraction of sp³-hybridized carbons (Fsp3) is 0.500. The lowest BCUT2D eigenvalue weighted by atomic mass is 10.3. The Bertz CT molecular complexity index is 429. The molecule has 5 nitrogen and oxygen atoms in total. The van der Waals surface area contributed by atoms with Gasteiger partial charge in [0, 0.05) is 13.6 Å². The van der Waals surface area contributed by atoms with E-state index in [0.717, 1.165) is 24.3 Å². The Morgan fingerprint density at radius 1 is 1.17 bits per heavy atom. The molecule has 0 fully saturated rings. The summed E-state index contributed by atoms with van der Waals surface area (Å²) in [7, 11) is 5.71. The Morgan fingerprint density at radius 2 is 1.78 bits per heavy atom. The molecule has 0 atom stereocenters. The van der Waals surface area contributed by atoms with Gasteiger partial charge < -0.3 is 14.9 Å². The third kappa shape index (κ3) is 4.12. The number of hydrogen-bond acceptors (Lipinski definition) is 4. The molecule has 0 spiro atoms. The summed E-state index contributed by atoms with van der Waals surface area (Å²) in [5.74, 6) is -1.11. The minimum absolute atomic E-state index is 0.119. The maximum Gasteiger partial charge on any atom is 0.345 e. The van der Waals surface area contributed by atoms with Gasteiger partial charge in [0.05, 0.1) is 4.88 Å². The highest BCUT2D eigenvalue weighted by Crippen LogP contribution is 2.18. The van der Waals surface area contributed by atoms with Gasteiger partial charge in [0.25, 0.3) is 5.91 Å². The molecule has 0 unspecified atom stereocenters. The average molecular weight is 270 g/mol. The van der Waals surface area contributed by atoms with Gasteiger partial charge in [0.15, 0.2) is 0 Å². The van der Waals surface area contributed by atoms with Crippen molar-refractivity contribution in [1.82, 2.24) is 9.80 Å². The summed E-state index contributed by atoms with van der Waals surface area (Å²) in [5, 5.41) is 8.80. The lowest BCUT2D eigenvalue weighted by molar-refractivity contribution is 0.0701. The zero-order valence-electron chi connectivity index (χ0n) is 10.8. The number of carbonyl (C=O) groups is 2. The van der Waals surface area contributed by atoms with Crippen LogP contribution >= 0.6 is 11.3 Å². The average Bonchev–Trinajstić information content (AvgIpc) is 2.76. The van der Waals surface area contributed by atoms with Crippen molar-refractivity contribution in [3.8, 4) is 0 Å². The van der Waals surface area contributed by atoms with Crippen LogP contribution in [-0.4, -0.2) is 61.0 Å². The van der Waals surface area contributed by atoms with E-state index in [4.69, 9.17) is 5.11 Å². The van der Waals surface area contributed by atoms with E-state index in [-0.39, 0.29) is 10.8 Å². The lowest BCUT2D eigenvalue weighted by Gasteiger charge is -2.17. The van der Waals surface area contributed by atoms with Crippen LogP contribution in [-0.2, 0) is 0 Å². The molecule has 1 amide bonds. The van der Waals surface area contributed by atoms with E-state index in [1.54, 1.807) is 18.0 Å². The molecule has 18 heavy (non-hydrogen) atoms. The topological polar surface area (TPSA) is 60.9 Å². The Balaban J connectivity index is 2.54. The zero-order chi connectivity index (χ0) is 13.7. The van der Waals surface area contributed by atoms with E-state index in [2.05, 4.69) is 4.90 Å². The van der Waals surface area contributed by atoms with Crippen molar-refractivity contribution in [3.05, 3.63) is 21.9 Å². The van der Waals surface area contributed by atoms with Gasteiger partial charge in [0.2, 0.25) is 0 Å². The summed E-state index contributed by atoms with van der Waals surface area (Å²) in [5.41, 5.74) is 0. The third-order valence-electron chi connectivity index (χ3n) is 2.47. The van der Waals surface area contributed by atoms with Crippen LogP contribution in [0.5, 0.6) is 0 Å². The van der Waals surface area contributed by atoms with Gasteiger partial charge in [0.1, 0.15) is 4.88 Å². The molecule has 1 heterocycles. The summed E-state index contributed by atoms with van der Waals surface area (Å²) in [6.07, 6.45) is 0.895. The zero-order valence-corrected chi connectivity index (χ0v) is 11.7. The largest absolute Gasteiger partial charge is 0.477 e. The number of nitrogens with zero attached hydrogens (tertiary/aromatic N) is 2. The van der Waals surface area contributed by atoms with E-state index in [0.29, 0.717) is 11.4 Å². The van der Waals surface area contributed by atoms with Crippen LogP contribution in [0.25, 0.3) is 0 Å². The molecule has 1 rings (SSSR count).